The van der Waals surface area contributed by atoms with Crippen molar-refractivity contribution in [3.8, 4) is 0 Å². The smallest absolute Gasteiger partial charge is 0.153 e. The molecule has 6 rings (SSSR count). The number of ketones is 1. The molecule has 1 heterocycles. The van der Waals surface area contributed by atoms with Crippen LogP contribution >= 0.6 is 0 Å². The first-order valence-electron chi connectivity index (χ1n) is 10.1. The first-order valence-corrected chi connectivity index (χ1v) is 10.1. The van der Waals surface area contributed by atoms with Gasteiger partial charge in [0.2, 0.25) is 0 Å². The number of Topliss-reactive ketones (excluding diaryl/α,β-unsaturated/α-hetero) is 1. The summed E-state index contributed by atoms with van der Waals surface area (Å²) in [4.78, 5) is 15.8. The molecule has 1 aromatic rings. The summed E-state index contributed by atoms with van der Waals surface area (Å²) in [5, 5.41) is 0. The average Bonchev–Trinajstić information content (AvgIpc) is 2.62. The van der Waals surface area contributed by atoms with E-state index in [1.807, 2.05) is 0 Å². The molecule has 5 aliphatic rings. The van der Waals surface area contributed by atoms with E-state index in [0.717, 1.165) is 57.4 Å². The van der Waals surface area contributed by atoms with Crippen LogP contribution in [-0.4, -0.2) is 43.5 Å². The fourth-order valence-corrected chi connectivity index (χ4v) is 6.85. The molecule has 134 valence electrons. The van der Waals surface area contributed by atoms with Gasteiger partial charge in [0.1, 0.15) is 0 Å². The minimum atomic E-state index is -0.0434. The molecule has 1 saturated heterocycles. The first-order chi connectivity index (χ1) is 12.2. The Morgan fingerprint density at radius 1 is 1.04 bits per heavy atom. The molecule has 25 heavy (non-hydrogen) atoms. The van der Waals surface area contributed by atoms with Crippen molar-refractivity contribution in [2.75, 3.05) is 32.8 Å². The van der Waals surface area contributed by atoms with Crippen LogP contribution in [0.25, 0.3) is 0 Å². The molecule has 1 aliphatic heterocycles. The fourth-order valence-electron chi connectivity index (χ4n) is 6.85. The van der Waals surface area contributed by atoms with Gasteiger partial charge in [-0.3, -0.25) is 9.69 Å². The molecule has 5 fully saturated rings. The third-order valence-electron chi connectivity index (χ3n) is 7.51. The Hall–Kier alpha value is -1.19. The summed E-state index contributed by atoms with van der Waals surface area (Å²) in [5.41, 5.74) is 1.72. The van der Waals surface area contributed by atoms with Gasteiger partial charge in [0.05, 0.1) is 19.8 Å². The second kappa shape index (κ2) is 5.92. The van der Waals surface area contributed by atoms with Gasteiger partial charge >= 0.3 is 0 Å². The number of ether oxygens (including phenoxy) is 1. The predicted octanol–water partition coefficient (Wildman–Crippen LogP) is 3.43. The Balaban J connectivity index is 1.43. The number of morpholine rings is 1. The summed E-state index contributed by atoms with van der Waals surface area (Å²) in [6.45, 7) is 4.03. The third kappa shape index (κ3) is 2.67. The van der Waals surface area contributed by atoms with Gasteiger partial charge in [0, 0.05) is 18.5 Å². The van der Waals surface area contributed by atoms with Gasteiger partial charge in [-0.1, -0.05) is 30.3 Å². The third-order valence-corrected chi connectivity index (χ3v) is 7.51. The molecule has 4 saturated carbocycles. The molecule has 1 aromatic carbocycles. The average molecular weight is 339 g/mol. The largest absolute Gasteiger partial charge is 0.379 e. The maximum atomic E-state index is 13.5. The van der Waals surface area contributed by atoms with Crippen molar-refractivity contribution in [2.24, 2.45) is 17.3 Å². The lowest BCUT2D eigenvalue weighted by Gasteiger charge is -2.62. The molecule has 2 atom stereocenters. The van der Waals surface area contributed by atoms with Gasteiger partial charge in [-0.15, -0.1) is 0 Å². The van der Waals surface area contributed by atoms with E-state index in [0.29, 0.717) is 12.3 Å². The van der Waals surface area contributed by atoms with E-state index in [-0.39, 0.29) is 10.8 Å². The Labute approximate surface area is 150 Å². The highest BCUT2D eigenvalue weighted by Gasteiger charge is 2.60. The molecule has 0 aromatic heterocycles. The maximum absolute atomic E-state index is 13.5. The van der Waals surface area contributed by atoms with Crippen molar-refractivity contribution >= 4 is 5.78 Å². The second-order valence-electron chi connectivity index (χ2n) is 9.20. The molecule has 0 N–H and O–H groups in total. The highest BCUT2D eigenvalue weighted by atomic mass is 16.5. The molecule has 0 amide bonds. The molecule has 0 unspecified atom stereocenters. The van der Waals surface area contributed by atoms with Crippen LogP contribution in [-0.2, 0) is 14.9 Å². The summed E-state index contributed by atoms with van der Waals surface area (Å²) < 4.78 is 5.45. The summed E-state index contributed by atoms with van der Waals surface area (Å²) in [5.74, 6) is 2.05. The quantitative estimate of drug-likeness (QED) is 0.842. The lowest BCUT2D eigenvalue weighted by atomic mass is 9.42. The van der Waals surface area contributed by atoms with Crippen molar-refractivity contribution in [1.82, 2.24) is 4.90 Å². The van der Waals surface area contributed by atoms with Crippen LogP contribution < -0.4 is 0 Å². The molecular formula is C22H29NO2. The zero-order valence-electron chi connectivity index (χ0n) is 15.1. The number of rotatable bonds is 4. The highest BCUT2D eigenvalue weighted by Crippen LogP contribution is 2.66. The summed E-state index contributed by atoms with van der Waals surface area (Å²) >= 11 is 0. The van der Waals surface area contributed by atoms with Crippen molar-refractivity contribution < 1.29 is 9.53 Å². The topological polar surface area (TPSA) is 29.5 Å². The molecular weight excluding hydrogens is 310 g/mol. The lowest BCUT2D eigenvalue weighted by molar-refractivity contribution is -0.148. The molecule has 0 spiro atoms. The van der Waals surface area contributed by atoms with E-state index in [2.05, 4.69) is 35.2 Å². The van der Waals surface area contributed by atoms with Gasteiger partial charge in [0.25, 0.3) is 0 Å². The first kappa shape index (κ1) is 16.0. The Kier molecular flexibility index (Phi) is 3.79. The van der Waals surface area contributed by atoms with Crippen LogP contribution in [0.4, 0.5) is 0 Å². The Morgan fingerprint density at radius 2 is 1.72 bits per heavy atom. The van der Waals surface area contributed by atoms with Crippen molar-refractivity contribution in [2.45, 2.75) is 43.9 Å². The lowest BCUT2D eigenvalue weighted by Crippen LogP contribution is -2.58. The SMILES string of the molecule is O=C(CN1CCOCC1)C12C[C@@H]3C[C@@H](C1)CC(c1ccccc1)(C3)C2. The van der Waals surface area contributed by atoms with Gasteiger partial charge < -0.3 is 4.74 Å². The Bertz CT molecular complexity index is 635. The normalized spacial score (nSPS) is 40.3. The second-order valence-corrected chi connectivity index (χ2v) is 9.20. The number of benzene rings is 1. The van der Waals surface area contributed by atoms with E-state index in [1.165, 1.54) is 24.8 Å². The monoisotopic (exact) mass is 339 g/mol. The minimum Gasteiger partial charge on any atom is -0.379 e. The number of hydrogen-bond acceptors (Lipinski definition) is 3. The highest BCUT2D eigenvalue weighted by molar-refractivity contribution is 5.87. The molecule has 3 heteroatoms. The van der Waals surface area contributed by atoms with E-state index >= 15 is 0 Å². The van der Waals surface area contributed by atoms with E-state index in [4.69, 9.17) is 4.74 Å². The van der Waals surface area contributed by atoms with Crippen LogP contribution in [0.2, 0.25) is 0 Å². The zero-order valence-corrected chi connectivity index (χ0v) is 15.1. The van der Waals surface area contributed by atoms with Gasteiger partial charge in [-0.2, -0.15) is 0 Å². The summed E-state index contributed by atoms with van der Waals surface area (Å²) in [6, 6.07) is 11.1. The van der Waals surface area contributed by atoms with Crippen LogP contribution in [0.15, 0.2) is 30.3 Å². The van der Waals surface area contributed by atoms with E-state index in [1.54, 1.807) is 0 Å². The molecule has 4 bridgehead atoms. The van der Waals surface area contributed by atoms with Gasteiger partial charge in [0.15, 0.2) is 5.78 Å². The van der Waals surface area contributed by atoms with Crippen LogP contribution in [0.3, 0.4) is 0 Å². The van der Waals surface area contributed by atoms with E-state index < -0.39 is 0 Å². The predicted molar refractivity (Wildman–Crippen MR) is 97.5 cm³/mol. The number of hydrogen-bond donors (Lipinski definition) is 0. The molecule has 0 radical (unpaired) electrons. The van der Waals surface area contributed by atoms with Crippen LogP contribution in [0, 0.1) is 17.3 Å². The number of carbonyl (C=O) groups excluding carboxylic acids is 1. The van der Waals surface area contributed by atoms with Crippen molar-refractivity contribution in [3.63, 3.8) is 0 Å². The van der Waals surface area contributed by atoms with Crippen LogP contribution in [0.5, 0.6) is 0 Å². The minimum absolute atomic E-state index is 0.0434. The standard InChI is InChI=1S/C22H29NO2/c24-20(15-23-6-8-25-9-7-23)22-13-17-10-18(14-22)12-21(11-17,16-22)19-4-2-1-3-5-19/h1-5,17-18H,6-16H2/t17-,18-,21?,22?/m1/s1. The van der Waals surface area contributed by atoms with Gasteiger partial charge in [-0.25, -0.2) is 0 Å². The zero-order chi connectivity index (χ0) is 16.9. The Morgan fingerprint density at radius 3 is 2.40 bits per heavy atom. The summed E-state index contributed by atoms with van der Waals surface area (Å²) in [6.07, 6.45) is 7.38. The maximum Gasteiger partial charge on any atom is 0.153 e. The van der Waals surface area contributed by atoms with E-state index in [9.17, 15) is 4.79 Å². The van der Waals surface area contributed by atoms with Crippen molar-refractivity contribution in [3.05, 3.63) is 35.9 Å². The molecule has 4 aliphatic carbocycles. The summed E-state index contributed by atoms with van der Waals surface area (Å²) in [7, 11) is 0. The van der Waals surface area contributed by atoms with Crippen LogP contribution in [0.1, 0.15) is 44.1 Å². The van der Waals surface area contributed by atoms with Crippen molar-refractivity contribution in [1.29, 1.82) is 0 Å². The molecule has 3 nitrogen and oxygen atoms in total. The van der Waals surface area contributed by atoms with Gasteiger partial charge in [-0.05, 0) is 61.3 Å². The fraction of sp³-hybridized carbons (Fsp3) is 0.682. The number of carbonyl (C=O) groups is 1. The number of nitrogens with zero attached hydrogens (tertiary/aromatic N) is 1.